The van der Waals surface area contributed by atoms with E-state index in [1.807, 2.05) is 50.5 Å². The molecule has 7 heteroatoms. The highest BCUT2D eigenvalue weighted by atomic mass is 16.5. The van der Waals surface area contributed by atoms with Gasteiger partial charge in [0, 0.05) is 52.2 Å². The molecular weight excluding hydrogens is 342 g/mol. The van der Waals surface area contributed by atoms with Gasteiger partial charge in [-0.25, -0.2) is 4.98 Å². The molecule has 0 spiro atoms. The number of likely N-dealkylation sites (N-methyl/N-ethyl adjacent to an activating group) is 1. The maximum Gasteiger partial charge on any atom is 0.256 e. The number of hydrogen-bond donors (Lipinski definition) is 0. The van der Waals surface area contributed by atoms with Crippen LogP contribution in [-0.2, 0) is 11.3 Å². The second-order valence-corrected chi connectivity index (χ2v) is 6.98. The molecule has 142 valence electrons. The summed E-state index contributed by atoms with van der Waals surface area (Å²) >= 11 is 0. The first-order chi connectivity index (χ1) is 13.2. The molecule has 7 nitrogen and oxygen atoms in total. The Bertz CT molecular complexity index is 937. The monoisotopic (exact) mass is 367 g/mol. The molecule has 0 radical (unpaired) electrons. The smallest absolute Gasteiger partial charge is 0.256 e. The van der Waals surface area contributed by atoms with Crippen LogP contribution in [0, 0.1) is 0 Å². The van der Waals surface area contributed by atoms with E-state index in [2.05, 4.69) is 16.9 Å². The lowest BCUT2D eigenvalue weighted by Crippen LogP contribution is -2.47. The number of aromatic nitrogens is 3. The minimum Gasteiger partial charge on any atom is -0.383 e. The number of carbonyl (C=O) groups is 1. The number of rotatable bonds is 5. The van der Waals surface area contributed by atoms with Crippen LogP contribution in [0.5, 0.6) is 0 Å². The van der Waals surface area contributed by atoms with Gasteiger partial charge in [0.05, 0.1) is 29.7 Å². The van der Waals surface area contributed by atoms with Crippen molar-refractivity contribution >= 4 is 11.4 Å². The molecule has 0 atom stereocenters. The topological polar surface area (TPSA) is 55.0 Å². The number of piperazine rings is 1. The van der Waals surface area contributed by atoms with E-state index in [-0.39, 0.29) is 5.91 Å². The Hall–Kier alpha value is -2.64. The highest BCUT2D eigenvalue weighted by Gasteiger charge is 2.24. The molecule has 4 heterocycles. The van der Waals surface area contributed by atoms with Crippen LogP contribution in [0.1, 0.15) is 10.4 Å². The molecule has 0 aromatic carbocycles. The number of pyridine rings is 1. The fourth-order valence-electron chi connectivity index (χ4n) is 3.51. The quantitative estimate of drug-likeness (QED) is 0.691. The third-order valence-electron chi connectivity index (χ3n) is 5.15. The summed E-state index contributed by atoms with van der Waals surface area (Å²) in [5.41, 5.74) is 3.44. The summed E-state index contributed by atoms with van der Waals surface area (Å²) in [5.74, 6) is 0.0943. The van der Waals surface area contributed by atoms with Gasteiger partial charge in [-0.05, 0) is 25.2 Å². The minimum absolute atomic E-state index is 0.0943. The summed E-state index contributed by atoms with van der Waals surface area (Å²) in [6, 6.07) is 7.91. The number of imidazole rings is 1. The lowest BCUT2D eigenvalue weighted by atomic mass is 10.2. The van der Waals surface area contributed by atoms with Gasteiger partial charge in [-0.15, -0.1) is 0 Å². The van der Waals surface area contributed by atoms with Crippen molar-refractivity contribution in [3.05, 3.63) is 48.5 Å². The van der Waals surface area contributed by atoms with Crippen LogP contribution in [0.3, 0.4) is 0 Å². The second kappa shape index (κ2) is 7.54. The predicted octanol–water partition coefficient (Wildman–Crippen LogP) is 1.84. The molecule has 4 rings (SSSR count). The summed E-state index contributed by atoms with van der Waals surface area (Å²) in [4.78, 5) is 21.9. The van der Waals surface area contributed by atoms with E-state index in [0.717, 1.165) is 55.2 Å². The average molecular weight is 367 g/mol. The average Bonchev–Trinajstić information content (AvgIpc) is 3.31. The number of ether oxygens (including phenoxy) is 1. The maximum absolute atomic E-state index is 13.2. The third kappa shape index (κ3) is 3.48. The first-order valence-electron chi connectivity index (χ1n) is 9.26. The number of hydrogen-bond acceptors (Lipinski definition) is 4. The normalized spacial score (nSPS) is 15.6. The van der Waals surface area contributed by atoms with Gasteiger partial charge in [-0.2, -0.15) is 0 Å². The number of fused-ring (bicyclic) bond motifs is 1. The predicted molar refractivity (Wildman–Crippen MR) is 104 cm³/mol. The number of methoxy groups -OCH3 is 1. The van der Waals surface area contributed by atoms with E-state index < -0.39 is 0 Å². The lowest BCUT2D eigenvalue weighted by Gasteiger charge is -2.32. The van der Waals surface area contributed by atoms with E-state index in [1.165, 1.54) is 0 Å². The zero-order valence-electron chi connectivity index (χ0n) is 15.8. The van der Waals surface area contributed by atoms with E-state index in [0.29, 0.717) is 6.61 Å². The van der Waals surface area contributed by atoms with E-state index in [1.54, 1.807) is 13.4 Å². The Morgan fingerprint density at radius 1 is 1.22 bits per heavy atom. The molecule has 0 saturated carbocycles. The molecule has 0 unspecified atom stereocenters. The van der Waals surface area contributed by atoms with Crippen molar-refractivity contribution in [2.75, 3.05) is 46.9 Å². The molecule has 27 heavy (non-hydrogen) atoms. The van der Waals surface area contributed by atoms with Gasteiger partial charge in [0.2, 0.25) is 0 Å². The largest absolute Gasteiger partial charge is 0.383 e. The Morgan fingerprint density at radius 2 is 2.04 bits per heavy atom. The molecule has 1 aliphatic rings. The van der Waals surface area contributed by atoms with E-state index >= 15 is 0 Å². The zero-order chi connectivity index (χ0) is 18.8. The summed E-state index contributed by atoms with van der Waals surface area (Å²) in [7, 11) is 3.78. The Morgan fingerprint density at radius 3 is 2.81 bits per heavy atom. The molecule has 1 saturated heterocycles. The van der Waals surface area contributed by atoms with Crippen LogP contribution in [0.4, 0.5) is 0 Å². The third-order valence-corrected chi connectivity index (χ3v) is 5.15. The van der Waals surface area contributed by atoms with Gasteiger partial charge >= 0.3 is 0 Å². The van der Waals surface area contributed by atoms with Gasteiger partial charge in [0.25, 0.3) is 5.91 Å². The molecule has 3 aromatic heterocycles. The minimum atomic E-state index is 0.0943. The van der Waals surface area contributed by atoms with E-state index in [9.17, 15) is 4.79 Å². The highest BCUT2D eigenvalue weighted by molar-refractivity contribution is 6.02. The van der Waals surface area contributed by atoms with Crippen LogP contribution in [0.15, 0.2) is 43.0 Å². The second-order valence-electron chi connectivity index (χ2n) is 6.98. The van der Waals surface area contributed by atoms with Crippen molar-refractivity contribution in [1.82, 2.24) is 23.8 Å². The van der Waals surface area contributed by atoms with E-state index in [4.69, 9.17) is 4.74 Å². The van der Waals surface area contributed by atoms with Crippen molar-refractivity contribution < 1.29 is 9.53 Å². The lowest BCUT2D eigenvalue weighted by molar-refractivity contribution is 0.0666. The van der Waals surface area contributed by atoms with Gasteiger partial charge in [0.15, 0.2) is 0 Å². The van der Waals surface area contributed by atoms with Crippen LogP contribution in [0.2, 0.25) is 0 Å². The number of amides is 1. The standard InChI is InChI=1S/C20H25N5O2/c1-22-7-9-24(10-8-22)20(26)16-13-19(25-6-4-3-5-18(16)25)17-14-23(15-21-17)11-12-27-2/h3-6,13-15H,7-12H2,1-2H3. The van der Waals surface area contributed by atoms with Gasteiger partial charge < -0.3 is 23.5 Å². The summed E-state index contributed by atoms with van der Waals surface area (Å²) in [6.07, 6.45) is 5.79. The molecule has 3 aromatic rings. The van der Waals surface area contributed by atoms with Crippen molar-refractivity contribution in [2.24, 2.45) is 0 Å². The Balaban J connectivity index is 1.69. The van der Waals surface area contributed by atoms with Crippen LogP contribution in [0.25, 0.3) is 16.9 Å². The molecule has 0 aliphatic carbocycles. The summed E-state index contributed by atoms with van der Waals surface area (Å²) in [5, 5.41) is 0. The van der Waals surface area contributed by atoms with Crippen LogP contribution >= 0.6 is 0 Å². The van der Waals surface area contributed by atoms with Crippen LogP contribution in [-0.4, -0.2) is 76.6 Å². The molecule has 0 N–H and O–H groups in total. The number of nitrogens with zero attached hydrogens (tertiary/aromatic N) is 5. The zero-order valence-corrected chi connectivity index (χ0v) is 15.8. The fourth-order valence-corrected chi connectivity index (χ4v) is 3.51. The highest BCUT2D eigenvalue weighted by Crippen LogP contribution is 2.26. The van der Waals surface area contributed by atoms with Gasteiger partial charge in [-0.1, -0.05) is 6.07 Å². The van der Waals surface area contributed by atoms with Crippen LogP contribution < -0.4 is 0 Å². The van der Waals surface area contributed by atoms with Crippen molar-refractivity contribution in [3.63, 3.8) is 0 Å². The van der Waals surface area contributed by atoms with Crippen molar-refractivity contribution in [2.45, 2.75) is 6.54 Å². The SMILES string of the molecule is COCCn1cnc(-c2cc(C(=O)N3CCN(C)CC3)c3ccccn23)c1. The van der Waals surface area contributed by atoms with Gasteiger partial charge in [0.1, 0.15) is 5.69 Å². The van der Waals surface area contributed by atoms with Gasteiger partial charge in [-0.3, -0.25) is 4.79 Å². The fraction of sp³-hybridized carbons (Fsp3) is 0.400. The van der Waals surface area contributed by atoms with Crippen molar-refractivity contribution in [3.8, 4) is 11.4 Å². The molecular formula is C20H25N5O2. The number of carbonyl (C=O) groups excluding carboxylic acids is 1. The summed E-state index contributed by atoms with van der Waals surface area (Å²) < 4.78 is 9.18. The Labute approximate surface area is 158 Å². The molecule has 1 aliphatic heterocycles. The maximum atomic E-state index is 13.2. The molecule has 1 amide bonds. The molecule has 0 bridgehead atoms. The summed E-state index contributed by atoms with van der Waals surface area (Å²) in [6.45, 7) is 4.74. The first kappa shape index (κ1) is 17.8. The molecule has 1 fully saturated rings. The first-order valence-corrected chi connectivity index (χ1v) is 9.26. The van der Waals surface area contributed by atoms with Crippen molar-refractivity contribution in [1.29, 1.82) is 0 Å². The Kier molecular flexibility index (Phi) is 4.96.